The number of phenolic OH excluding ortho intramolecular Hbond substituents is 2. The molecule has 8 N–H and O–H groups in total. The Hall–Kier alpha value is -3.77. The van der Waals surface area contributed by atoms with E-state index in [-0.39, 0.29) is 36.7 Å². The number of aliphatic carboxylic acids is 1. The van der Waals surface area contributed by atoms with Gasteiger partial charge in [-0.3, -0.25) is 14.4 Å². The largest absolute Gasteiger partial charge is 0.508 e. The Morgan fingerprint density at radius 2 is 1.17 bits per heavy atom. The lowest BCUT2D eigenvalue weighted by Gasteiger charge is -2.26. The maximum Gasteiger partial charge on any atom is 0.326 e. The molecule has 0 aromatic heterocycles. The Bertz CT molecular complexity index is 1160. The molecule has 0 saturated carbocycles. The van der Waals surface area contributed by atoms with Gasteiger partial charge in [0.2, 0.25) is 17.7 Å². The lowest BCUT2D eigenvalue weighted by Crippen LogP contribution is -2.58. The number of aromatic hydroxyl groups is 2. The van der Waals surface area contributed by atoms with Crippen LogP contribution in [0.15, 0.2) is 48.5 Å². The highest BCUT2D eigenvalue weighted by molar-refractivity contribution is 7.98. The average Bonchev–Trinajstić information content (AvgIpc) is 2.92. The number of thioether (sulfide) groups is 1. The third-order valence-corrected chi connectivity index (χ3v) is 6.95. The minimum Gasteiger partial charge on any atom is -0.508 e. The molecule has 12 heteroatoms. The van der Waals surface area contributed by atoms with Gasteiger partial charge in [-0.25, -0.2) is 4.79 Å². The van der Waals surface area contributed by atoms with E-state index in [1.54, 1.807) is 24.3 Å². The molecule has 0 aliphatic carbocycles. The smallest absolute Gasteiger partial charge is 0.326 e. The van der Waals surface area contributed by atoms with Crippen LogP contribution in [0, 0.1) is 5.92 Å². The van der Waals surface area contributed by atoms with Crippen LogP contribution in [0.5, 0.6) is 11.5 Å². The predicted molar refractivity (Wildman–Crippen MR) is 157 cm³/mol. The number of nitrogens with one attached hydrogen (secondary N) is 3. The Morgan fingerprint density at radius 3 is 1.56 bits per heavy atom. The van der Waals surface area contributed by atoms with Crippen LogP contribution in [0.3, 0.4) is 0 Å². The lowest BCUT2D eigenvalue weighted by molar-refractivity contribution is -0.142. The van der Waals surface area contributed by atoms with E-state index in [0.29, 0.717) is 23.3 Å². The zero-order chi connectivity index (χ0) is 30.5. The highest BCUT2D eigenvalue weighted by atomic mass is 32.2. The monoisotopic (exact) mass is 588 g/mol. The Morgan fingerprint density at radius 1 is 0.756 bits per heavy atom. The molecule has 0 spiro atoms. The molecule has 0 fully saturated rings. The number of phenols is 2. The highest BCUT2D eigenvalue weighted by Crippen LogP contribution is 2.14. The minimum atomic E-state index is -1.20. The Balaban J connectivity index is 2.33. The fourth-order valence-electron chi connectivity index (χ4n) is 4.05. The molecular weight excluding hydrogens is 548 g/mol. The molecule has 0 heterocycles. The molecule has 0 aliphatic heterocycles. The van der Waals surface area contributed by atoms with Gasteiger partial charge in [0.15, 0.2) is 0 Å². The van der Waals surface area contributed by atoms with E-state index >= 15 is 0 Å². The van der Waals surface area contributed by atoms with E-state index in [9.17, 15) is 34.5 Å². The van der Waals surface area contributed by atoms with Crippen LogP contribution in [-0.4, -0.2) is 75.2 Å². The number of carboxylic acids is 1. The van der Waals surface area contributed by atoms with Crippen LogP contribution in [-0.2, 0) is 32.0 Å². The Labute approximate surface area is 244 Å². The SMILES string of the molecule is CSCCC(N)C(=O)NC(Cc1ccc(O)cc1)C(=O)NC(Cc1ccc(O)cc1)C(=O)NC(CC(C)C)C(=O)O. The zero-order valence-electron chi connectivity index (χ0n) is 23.5. The molecule has 3 amide bonds. The van der Waals surface area contributed by atoms with Crippen molar-refractivity contribution >= 4 is 35.5 Å². The summed E-state index contributed by atoms with van der Waals surface area (Å²) in [7, 11) is 0. The fraction of sp³-hybridized carbons (Fsp3) is 0.448. The first-order chi connectivity index (χ1) is 19.4. The van der Waals surface area contributed by atoms with Crippen molar-refractivity contribution in [3.8, 4) is 11.5 Å². The van der Waals surface area contributed by atoms with Gasteiger partial charge in [-0.15, -0.1) is 0 Å². The molecule has 224 valence electrons. The first-order valence-electron chi connectivity index (χ1n) is 13.3. The van der Waals surface area contributed by atoms with Gasteiger partial charge in [-0.05, 0) is 66.2 Å². The van der Waals surface area contributed by atoms with Gasteiger partial charge >= 0.3 is 5.97 Å². The predicted octanol–water partition coefficient (Wildman–Crippen LogP) is 1.55. The summed E-state index contributed by atoms with van der Waals surface area (Å²) in [6.45, 7) is 3.66. The first kappa shape index (κ1) is 33.4. The molecule has 0 saturated heterocycles. The van der Waals surface area contributed by atoms with Crippen LogP contribution in [0.25, 0.3) is 0 Å². The van der Waals surface area contributed by atoms with Gasteiger partial charge in [0.05, 0.1) is 6.04 Å². The third-order valence-electron chi connectivity index (χ3n) is 6.31. The number of nitrogens with two attached hydrogens (primary N) is 1. The molecule has 2 aromatic carbocycles. The minimum absolute atomic E-state index is 0.00101. The summed E-state index contributed by atoms with van der Waals surface area (Å²) in [5, 5.41) is 36.8. The van der Waals surface area contributed by atoms with Crippen molar-refractivity contribution in [1.82, 2.24) is 16.0 Å². The third kappa shape index (κ3) is 11.7. The number of hydrogen-bond acceptors (Lipinski definition) is 8. The molecule has 0 aliphatic rings. The van der Waals surface area contributed by atoms with Crippen LogP contribution >= 0.6 is 11.8 Å². The maximum absolute atomic E-state index is 13.6. The van der Waals surface area contributed by atoms with Gasteiger partial charge in [0.25, 0.3) is 0 Å². The molecule has 0 radical (unpaired) electrons. The number of carbonyl (C=O) groups is 4. The van der Waals surface area contributed by atoms with Crippen molar-refractivity contribution in [1.29, 1.82) is 0 Å². The molecule has 2 rings (SSSR count). The number of carbonyl (C=O) groups excluding carboxylic acids is 3. The van der Waals surface area contributed by atoms with E-state index in [0.717, 1.165) is 0 Å². The van der Waals surface area contributed by atoms with E-state index < -0.39 is 47.9 Å². The quantitative estimate of drug-likeness (QED) is 0.152. The van der Waals surface area contributed by atoms with Crippen molar-refractivity contribution in [3.63, 3.8) is 0 Å². The number of benzene rings is 2. The zero-order valence-corrected chi connectivity index (χ0v) is 24.3. The molecule has 0 bridgehead atoms. The van der Waals surface area contributed by atoms with E-state index in [2.05, 4.69) is 16.0 Å². The summed E-state index contributed by atoms with van der Waals surface area (Å²) in [4.78, 5) is 51.6. The molecule has 4 unspecified atom stereocenters. The van der Waals surface area contributed by atoms with Crippen molar-refractivity contribution in [2.24, 2.45) is 11.7 Å². The topological polar surface area (TPSA) is 191 Å². The molecule has 2 aromatic rings. The molecule has 4 atom stereocenters. The average molecular weight is 589 g/mol. The Kier molecular flexibility index (Phi) is 13.4. The molecular formula is C29H40N4O7S. The van der Waals surface area contributed by atoms with Crippen molar-refractivity contribution in [2.45, 2.75) is 63.7 Å². The van der Waals surface area contributed by atoms with Crippen molar-refractivity contribution in [2.75, 3.05) is 12.0 Å². The molecule has 41 heavy (non-hydrogen) atoms. The van der Waals surface area contributed by atoms with Gasteiger partial charge in [0, 0.05) is 12.8 Å². The fourth-order valence-corrected chi connectivity index (χ4v) is 4.54. The van der Waals surface area contributed by atoms with Crippen molar-refractivity contribution < 1.29 is 34.5 Å². The summed E-state index contributed by atoms with van der Waals surface area (Å²) in [6, 6.07) is 7.87. The van der Waals surface area contributed by atoms with E-state index in [1.165, 1.54) is 36.0 Å². The second-order valence-corrected chi connectivity index (χ2v) is 11.3. The van der Waals surface area contributed by atoms with Gasteiger partial charge in [0.1, 0.15) is 29.6 Å². The summed E-state index contributed by atoms with van der Waals surface area (Å²) >= 11 is 1.54. The van der Waals surface area contributed by atoms with Crippen LogP contribution < -0.4 is 21.7 Å². The number of carboxylic acid groups (broad SMARTS) is 1. The lowest BCUT2D eigenvalue weighted by atomic mass is 10.0. The second-order valence-electron chi connectivity index (χ2n) is 10.3. The van der Waals surface area contributed by atoms with Gasteiger partial charge in [-0.1, -0.05) is 38.1 Å². The normalized spacial score (nSPS) is 14.0. The maximum atomic E-state index is 13.6. The second kappa shape index (κ2) is 16.5. The summed E-state index contributed by atoms with van der Waals surface area (Å²) in [6.07, 6.45) is 2.53. The highest BCUT2D eigenvalue weighted by Gasteiger charge is 2.31. The van der Waals surface area contributed by atoms with E-state index in [4.69, 9.17) is 5.73 Å². The number of hydrogen-bond donors (Lipinski definition) is 7. The van der Waals surface area contributed by atoms with Crippen molar-refractivity contribution in [3.05, 3.63) is 59.7 Å². The molecule has 11 nitrogen and oxygen atoms in total. The van der Waals surface area contributed by atoms with Gasteiger partial charge in [-0.2, -0.15) is 11.8 Å². The van der Waals surface area contributed by atoms with Crippen LogP contribution in [0.4, 0.5) is 0 Å². The van der Waals surface area contributed by atoms with Crippen LogP contribution in [0.2, 0.25) is 0 Å². The summed E-state index contributed by atoms with van der Waals surface area (Å²) in [5.74, 6) is -2.39. The first-order valence-corrected chi connectivity index (χ1v) is 14.7. The van der Waals surface area contributed by atoms with Gasteiger partial charge < -0.3 is 37.0 Å². The summed E-state index contributed by atoms with van der Waals surface area (Å²) < 4.78 is 0. The summed E-state index contributed by atoms with van der Waals surface area (Å²) in [5.41, 5.74) is 7.27. The van der Waals surface area contributed by atoms with Crippen LogP contribution in [0.1, 0.15) is 37.8 Å². The number of rotatable bonds is 16. The van der Waals surface area contributed by atoms with E-state index in [1.807, 2.05) is 20.1 Å². The standard InChI is InChI=1S/C29H40N4O7S/c1-17(2)14-25(29(39)40)33-28(38)24(16-19-6-10-21(35)11-7-19)32-27(37)23(15-18-4-8-20(34)9-5-18)31-26(36)22(30)12-13-41-3/h4-11,17,22-25,34-35H,12-16,30H2,1-3H3,(H,31,36)(H,32,37)(H,33,38)(H,39,40). The number of amides is 3.